The summed E-state index contributed by atoms with van der Waals surface area (Å²) in [5.41, 5.74) is 1.68. The number of fused-ring (bicyclic) bond motifs is 1. The molecule has 0 saturated heterocycles. The van der Waals surface area contributed by atoms with Crippen LogP contribution in [0.3, 0.4) is 0 Å². The van der Waals surface area contributed by atoms with Gasteiger partial charge in [0.05, 0.1) is 6.20 Å². The highest BCUT2D eigenvalue weighted by Crippen LogP contribution is 2.44. The topological polar surface area (TPSA) is 75.6 Å². The van der Waals surface area contributed by atoms with E-state index in [1.165, 1.54) is 18.2 Å². The summed E-state index contributed by atoms with van der Waals surface area (Å²) in [5, 5.41) is 8.64. The summed E-state index contributed by atoms with van der Waals surface area (Å²) in [6.07, 6.45) is 4.92. The van der Waals surface area contributed by atoms with E-state index in [0.29, 0.717) is 23.5 Å². The van der Waals surface area contributed by atoms with Gasteiger partial charge >= 0.3 is 0 Å². The summed E-state index contributed by atoms with van der Waals surface area (Å²) >= 11 is 6.15. The van der Waals surface area contributed by atoms with Crippen LogP contribution in [0.25, 0.3) is 11.0 Å². The van der Waals surface area contributed by atoms with Crippen LogP contribution in [0.1, 0.15) is 24.8 Å². The van der Waals surface area contributed by atoms with Gasteiger partial charge in [-0.2, -0.15) is 10.1 Å². The van der Waals surface area contributed by atoms with E-state index in [1.807, 2.05) is 18.2 Å². The van der Waals surface area contributed by atoms with Crippen LogP contribution in [0, 0.1) is 0 Å². The van der Waals surface area contributed by atoms with Gasteiger partial charge in [0.25, 0.3) is 5.56 Å². The Morgan fingerprint density at radius 1 is 1.42 bits per heavy atom. The first-order valence-corrected chi connectivity index (χ1v) is 8.37. The number of H-pyrrole nitrogens is 1. The summed E-state index contributed by atoms with van der Waals surface area (Å²) in [5.74, 6) is 0.476. The molecule has 0 radical (unpaired) electrons. The fourth-order valence-electron chi connectivity index (χ4n) is 3.36. The molecule has 7 heteroatoms. The Morgan fingerprint density at radius 3 is 2.96 bits per heavy atom. The van der Waals surface area contributed by atoms with Crippen molar-refractivity contribution in [1.82, 2.24) is 19.7 Å². The van der Waals surface area contributed by atoms with Crippen molar-refractivity contribution < 1.29 is 0 Å². The summed E-state index contributed by atoms with van der Waals surface area (Å²) in [6, 6.07) is 8.02. The van der Waals surface area contributed by atoms with Crippen LogP contribution in [0.4, 0.5) is 5.95 Å². The Balaban J connectivity index is 1.62. The molecule has 1 aromatic carbocycles. The highest BCUT2D eigenvalue weighted by Gasteiger charge is 2.38. The highest BCUT2D eigenvalue weighted by molar-refractivity contribution is 6.30. The molecule has 0 bridgehead atoms. The van der Waals surface area contributed by atoms with E-state index in [9.17, 15) is 4.79 Å². The molecular formula is C17H18ClN5O. The maximum atomic E-state index is 12.1. The van der Waals surface area contributed by atoms with Crippen molar-refractivity contribution >= 4 is 28.6 Å². The largest absolute Gasteiger partial charge is 0.355 e. The molecule has 1 aliphatic rings. The molecule has 0 aliphatic heterocycles. The molecular weight excluding hydrogens is 326 g/mol. The Labute approximate surface area is 143 Å². The molecule has 2 aromatic heterocycles. The van der Waals surface area contributed by atoms with Crippen molar-refractivity contribution in [2.45, 2.75) is 24.7 Å². The van der Waals surface area contributed by atoms with Gasteiger partial charge in [-0.3, -0.25) is 14.5 Å². The second-order valence-corrected chi connectivity index (χ2v) is 6.85. The predicted octanol–water partition coefficient (Wildman–Crippen LogP) is 2.84. The third-order valence-corrected chi connectivity index (χ3v) is 5.18. The molecule has 0 unspecified atom stereocenters. The quantitative estimate of drug-likeness (QED) is 0.763. The van der Waals surface area contributed by atoms with Gasteiger partial charge in [0.1, 0.15) is 5.39 Å². The number of anilines is 1. The van der Waals surface area contributed by atoms with Gasteiger partial charge in [0.2, 0.25) is 5.95 Å². The number of aryl methyl sites for hydroxylation is 1. The smallest absolute Gasteiger partial charge is 0.263 e. The summed E-state index contributed by atoms with van der Waals surface area (Å²) < 4.78 is 1.60. The van der Waals surface area contributed by atoms with Crippen LogP contribution in [0.2, 0.25) is 5.02 Å². The molecule has 1 aliphatic carbocycles. The van der Waals surface area contributed by atoms with E-state index in [4.69, 9.17) is 11.6 Å². The fourth-order valence-corrected chi connectivity index (χ4v) is 3.55. The Kier molecular flexibility index (Phi) is 3.57. The van der Waals surface area contributed by atoms with Crippen molar-refractivity contribution in [3.63, 3.8) is 0 Å². The summed E-state index contributed by atoms with van der Waals surface area (Å²) in [6.45, 7) is 0.708. The minimum atomic E-state index is -0.180. The van der Waals surface area contributed by atoms with Gasteiger partial charge in [-0.05, 0) is 30.5 Å². The van der Waals surface area contributed by atoms with Gasteiger partial charge in [0.15, 0.2) is 5.65 Å². The third kappa shape index (κ3) is 2.47. The lowest BCUT2D eigenvalue weighted by Gasteiger charge is -2.42. The minimum absolute atomic E-state index is 0.0465. The number of rotatable bonds is 4. The second kappa shape index (κ2) is 5.63. The van der Waals surface area contributed by atoms with Crippen molar-refractivity contribution in [3.05, 3.63) is 51.4 Å². The van der Waals surface area contributed by atoms with Gasteiger partial charge < -0.3 is 5.32 Å². The lowest BCUT2D eigenvalue weighted by atomic mass is 9.64. The number of aromatic nitrogens is 4. The maximum absolute atomic E-state index is 12.1. The second-order valence-electron chi connectivity index (χ2n) is 6.42. The average Bonchev–Trinajstić information content (AvgIpc) is 2.88. The Bertz CT molecular complexity index is 957. The average molecular weight is 344 g/mol. The summed E-state index contributed by atoms with van der Waals surface area (Å²) in [4.78, 5) is 19.4. The number of benzene rings is 1. The molecule has 2 heterocycles. The molecule has 24 heavy (non-hydrogen) atoms. The highest BCUT2D eigenvalue weighted by atomic mass is 35.5. The van der Waals surface area contributed by atoms with Gasteiger partial charge in [-0.25, -0.2) is 0 Å². The normalized spacial score (nSPS) is 16.1. The first-order valence-electron chi connectivity index (χ1n) is 7.99. The van der Waals surface area contributed by atoms with Gasteiger partial charge in [0, 0.05) is 24.0 Å². The van der Waals surface area contributed by atoms with Crippen LogP contribution in [0.15, 0.2) is 35.3 Å². The molecule has 0 amide bonds. The number of hydrogen-bond donors (Lipinski definition) is 2. The van der Waals surface area contributed by atoms with Crippen molar-refractivity contribution in [3.8, 4) is 0 Å². The molecule has 1 saturated carbocycles. The molecule has 6 nitrogen and oxygen atoms in total. The van der Waals surface area contributed by atoms with Crippen LogP contribution in [-0.2, 0) is 12.5 Å². The number of halogens is 1. The van der Waals surface area contributed by atoms with Crippen molar-refractivity contribution in [2.24, 2.45) is 7.05 Å². The molecule has 2 N–H and O–H groups in total. The third-order valence-electron chi connectivity index (χ3n) is 4.94. The summed E-state index contributed by atoms with van der Waals surface area (Å²) in [7, 11) is 1.78. The molecule has 0 atom stereocenters. The zero-order valence-corrected chi connectivity index (χ0v) is 14.1. The van der Waals surface area contributed by atoms with Gasteiger partial charge in [-0.1, -0.05) is 30.2 Å². The first-order chi connectivity index (χ1) is 11.6. The van der Waals surface area contributed by atoms with E-state index in [-0.39, 0.29) is 11.0 Å². The monoisotopic (exact) mass is 343 g/mol. The SMILES string of the molecule is Cn1ncc2c(=O)[nH]c(NCC3(c4cccc(Cl)c4)CCC3)nc21. The molecule has 124 valence electrons. The zero-order valence-electron chi connectivity index (χ0n) is 13.3. The lowest BCUT2D eigenvalue weighted by molar-refractivity contribution is 0.260. The Hall–Kier alpha value is -2.34. The van der Waals surface area contributed by atoms with Crippen LogP contribution in [0.5, 0.6) is 0 Å². The van der Waals surface area contributed by atoms with E-state index < -0.39 is 0 Å². The van der Waals surface area contributed by atoms with E-state index >= 15 is 0 Å². The van der Waals surface area contributed by atoms with Crippen LogP contribution < -0.4 is 10.9 Å². The molecule has 0 spiro atoms. The molecule has 1 fully saturated rings. The van der Waals surface area contributed by atoms with E-state index in [0.717, 1.165) is 17.9 Å². The minimum Gasteiger partial charge on any atom is -0.355 e. The number of aromatic amines is 1. The van der Waals surface area contributed by atoms with Gasteiger partial charge in [-0.15, -0.1) is 0 Å². The first kappa shape index (κ1) is 15.2. The molecule has 4 rings (SSSR count). The maximum Gasteiger partial charge on any atom is 0.263 e. The van der Waals surface area contributed by atoms with E-state index in [2.05, 4.69) is 26.4 Å². The van der Waals surface area contributed by atoms with E-state index in [1.54, 1.807) is 11.7 Å². The number of nitrogens with one attached hydrogen (secondary N) is 2. The lowest BCUT2D eigenvalue weighted by Crippen LogP contribution is -2.41. The zero-order chi connectivity index (χ0) is 16.7. The number of nitrogens with zero attached hydrogens (tertiary/aromatic N) is 3. The van der Waals surface area contributed by atoms with Crippen molar-refractivity contribution in [1.29, 1.82) is 0 Å². The van der Waals surface area contributed by atoms with Crippen molar-refractivity contribution in [2.75, 3.05) is 11.9 Å². The predicted molar refractivity (Wildman–Crippen MR) is 94.6 cm³/mol. The van der Waals surface area contributed by atoms with Crippen LogP contribution in [-0.4, -0.2) is 26.3 Å². The molecule has 3 aromatic rings. The number of hydrogen-bond acceptors (Lipinski definition) is 4. The Morgan fingerprint density at radius 2 is 2.25 bits per heavy atom. The fraction of sp³-hybridized carbons (Fsp3) is 0.353. The standard InChI is InChI=1S/C17H18ClN5O/c1-23-14-13(9-20-23)15(24)22-16(21-14)19-10-17(6-3-7-17)11-4-2-5-12(18)8-11/h2,4-5,8-9H,3,6-7,10H2,1H3,(H2,19,21,22,24). The van der Waals surface area contributed by atoms with Crippen LogP contribution >= 0.6 is 11.6 Å².